The molecular weight excluding hydrogens is 260 g/mol. The monoisotopic (exact) mass is 288 g/mol. The summed E-state index contributed by atoms with van der Waals surface area (Å²) in [6, 6.07) is 8.68. The molecule has 2 rings (SSSR count). The molecule has 1 N–H and O–H groups in total. The Morgan fingerprint density at radius 1 is 1.29 bits per heavy atom. The average Bonchev–Trinajstić information content (AvgIpc) is 2.75. The third-order valence-corrected chi connectivity index (χ3v) is 4.72. The summed E-state index contributed by atoms with van der Waals surface area (Å²) >= 11 is 0. The van der Waals surface area contributed by atoms with Gasteiger partial charge in [-0.2, -0.15) is 0 Å². The highest BCUT2D eigenvalue weighted by atomic mass is 15.2. The van der Waals surface area contributed by atoms with Crippen molar-refractivity contribution >= 4 is 11.0 Å². The zero-order valence-corrected chi connectivity index (χ0v) is 14.1. The maximum atomic E-state index is 4.81. The van der Waals surface area contributed by atoms with Crippen molar-refractivity contribution in [3.05, 3.63) is 30.1 Å². The molecule has 0 bridgehead atoms. The van der Waals surface area contributed by atoms with Crippen LogP contribution < -0.4 is 5.32 Å². The number of hydrogen-bond acceptors (Lipinski definition) is 3. The molecule has 1 heterocycles. The largest absolute Gasteiger partial charge is 0.331 e. The van der Waals surface area contributed by atoms with Crippen molar-refractivity contribution < 1.29 is 0 Å². The molecule has 21 heavy (non-hydrogen) atoms. The number of aryl methyl sites for hydroxylation is 1. The zero-order chi connectivity index (χ0) is 15.6. The van der Waals surface area contributed by atoms with Gasteiger partial charge in [0, 0.05) is 25.0 Å². The first-order chi connectivity index (χ1) is 9.87. The summed E-state index contributed by atoms with van der Waals surface area (Å²) in [6.45, 7) is 7.69. The van der Waals surface area contributed by atoms with Gasteiger partial charge in [0.2, 0.25) is 0 Å². The molecule has 1 aromatic heterocycles. The van der Waals surface area contributed by atoms with Crippen LogP contribution in [0.5, 0.6) is 0 Å². The van der Waals surface area contributed by atoms with E-state index in [9.17, 15) is 0 Å². The van der Waals surface area contributed by atoms with E-state index in [1.807, 2.05) is 6.07 Å². The summed E-state index contributed by atoms with van der Waals surface area (Å²) in [5, 5.41) is 3.63. The second-order valence-electron chi connectivity index (χ2n) is 6.44. The van der Waals surface area contributed by atoms with Crippen LogP contribution in [0.15, 0.2) is 24.3 Å². The van der Waals surface area contributed by atoms with Gasteiger partial charge >= 0.3 is 0 Å². The Hall–Kier alpha value is -1.39. The molecule has 4 heteroatoms. The molecule has 0 fully saturated rings. The Kier molecular flexibility index (Phi) is 4.69. The van der Waals surface area contributed by atoms with E-state index in [-0.39, 0.29) is 5.54 Å². The Bertz CT molecular complexity index is 598. The smallest absolute Gasteiger partial charge is 0.111 e. The van der Waals surface area contributed by atoms with Crippen LogP contribution in [-0.2, 0) is 13.5 Å². The Morgan fingerprint density at radius 2 is 1.95 bits per heavy atom. The molecule has 2 aromatic rings. The van der Waals surface area contributed by atoms with E-state index in [1.165, 1.54) is 5.52 Å². The van der Waals surface area contributed by atoms with E-state index < -0.39 is 0 Å². The van der Waals surface area contributed by atoms with Crippen molar-refractivity contribution in [2.24, 2.45) is 7.05 Å². The molecule has 1 unspecified atom stereocenters. The highest BCUT2D eigenvalue weighted by Gasteiger charge is 2.32. The standard InChI is InChI=1S/C17H28N4/c1-7-18-15(17(2,3)20(4)5)12-16-19-13-10-8-9-11-14(13)21(16)6/h8-11,15,18H,7,12H2,1-6H3. The second kappa shape index (κ2) is 6.16. The van der Waals surface area contributed by atoms with E-state index >= 15 is 0 Å². The minimum Gasteiger partial charge on any atom is -0.331 e. The topological polar surface area (TPSA) is 33.1 Å². The van der Waals surface area contributed by atoms with Crippen molar-refractivity contribution in [1.29, 1.82) is 0 Å². The number of fused-ring (bicyclic) bond motifs is 1. The molecule has 0 aliphatic rings. The van der Waals surface area contributed by atoms with Crippen molar-refractivity contribution in [3.8, 4) is 0 Å². The predicted octanol–water partition coefficient (Wildman–Crippen LogP) is 2.43. The molecule has 0 spiro atoms. The Labute approximate surface area is 128 Å². The van der Waals surface area contributed by atoms with E-state index in [0.717, 1.165) is 24.3 Å². The van der Waals surface area contributed by atoms with E-state index in [4.69, 9.17) is 4.98 Å². The number of benzene rings is 1. The third-order valence-electron chi connectivity index (χ3n) is 4.72. The first-order valence-electron chi connectivity index (χ1n) is 7.69. The summed E-state index contributed by atoms with van der Waals surface area (Å²) in [7, 11) is 6.38. The molecule has 0 aliphatic heterocycles. The fraction of sp³-hybridized carbons (Fsp3) is 0.588. The number of hydrogen-bond donors (Lipinski definition) is 1. The van der Waals surface area contributed by atoms with Gasteiger partial charge in [0.15, 0.2) is 0 Å². The van der Waals surface area contributed by atoms with Crippen LogP contribution in [0.3, 0.4) is 0 Å². The van der Waals surface area contributed by atoms with Crippen LogP contribution in [0.1, 0.15) is 26.6 Å². The number of rotatable bonds is 6. The molecule has 116 valence electrons. The highest BCUT2D eigenvalue weighted by molar-refractivity contribution is 5.75. The molecule has 0 radical (unpaired) electrons. The van der Waals surface area contributed by atoms with Gasteiger partial charge in [0.25, 0.3) is 0 Å². The Balaban J connectivity index is 2.33. The minimum atomic E-state index is 0.0636. The number of aromatic nitrogens is 2. The van der Waals surface area contributed by atoms with Crippen LogP contribution in [0.25, 0.3) is 11.0 Å². The predicted molar refractivity (Wildman–Crippen MR) is 89.6 cm³/mol. The highest BCUT2D eigenvalue weighted by Crippen LogP contribution is 2.21. The van der Waals surface area contributed by atoms with Crippen molar-refractivity contribution in [1.82, 2.24) is 19.8 Å². The van der Waals surface area contributed by atoms with Crippen LogP contribution in [0, 0.1) is 0 Å². The van der Waals surface area contributed by atoms with Gasteiger partial charge in [-0.25, -0.2) is 4.98 Å². The SMILES string of the molecule is CCNC(Cc1nc2ccccc2n1C)C(C)(C)N(C)C. The van der Waals surface area contributed by atoms with Crippen molar-refractivity contribution in [3.63, 3.8) is 0 Å². The minimum absolute atomic E-state index is 0.0636. The summed E-state index contributed by atoms with van der Waals surface area (Å²) in [4.78, 5) is 7.09. The van der Waals surface area contributed by atoms with Crippen LogP contribution in [0.2, 0.25) is 0 Å². The van der Waals surface area contributed by atoms with Crippen LogP contribution in [0.4, 0.5) is 0 Å². The molecule has 0 amide bonds. The first-order valence-corrected chi connectivity index (χ1v) is 7.69. The Morgan fingerprint density at radius 3 is 2.52 bits per heavy atom. The number of para-hydroxylation sites is 2. The van der Waals surface area contributed by atoms with Gasteiger partial charge in [-0.15, -0.1) is 0 Å². The number of imidazole rings is 1. The van der Waals surface area contributed by atoms with Gasteiger partial charge < -0.3 is 14.8 Å². The number of likely N-dealkylation sites (N-methyl/N-ethyl adjacent to an activating group) is 2. The number of nitrogens with zero attached hydrogens (tertiary/aromatic N) is 3. The van der Waals surface area contributed by atoms with Gasteiger partial charge in [0.1, 0.15) is 5.82 Å². The first kappa shape index (κ1) is 16.0. The maximum Gasteiger partial charge on any atom is 0.111 e. The fourth-order valence-electron chi connectivity index (χ4n) is 2.69. The number of nitrogens with one attached hydrogen (secondary N) is 1. The lowest BCUT2D eigenvalue weighted by Crippen LogP contribution is -2.56. The van der Waals surface area contributed by atoms with E-state index in [0.29, 0.717) is 6.04 Å². The van der Waals surface area contributed by atoms with Gasteiger partial charge in [-0.1, -0.05) is 19.1 Å². The van der Waals surface area contributed by atoms with Crippen molar-refractivity contribution in [2.75, 3.05) is 20.6 Å². The lowest BCUT2D eigenvalue weighted by atomic mass is 9.90. The van der Waals surface area contributed by atoms with Gasteiger partial charge in [0.05, 0.1) is 11.0 Å². The molecule has 1 aromatic carbocycles. The summed E-state index contributed by atoms with van der Waals surface area (Å²) in [6.07, 6.45) is 0.921. The maximum absolute atomic E-state index is 4.81. The second-order valence-corrected chi connectivity index (χ2v) is 6.44. The quantitative estimate of drug-likeness (QED) is 0.886. The van der Waals surface area contributed by atoms with E-state index in [1.54, 1.807) is 0 Å². The molecular formula is C17H28N4. The lowest BCUT2D eigenvalue weighted by Gasteiger charge is -2.40. The van der Waals surface area contributed by atoms with Gasteiger partial charge in [-0.3, -0.25) is 0 Å². The zero-order valence-electron chi connectivity index (χ0n) is 14.1. The average molecular weight is 288 g/mol. The van der Waals surface area contributed by atoms with Gasteiger partial charge in [-0.05, 0) is 46.6 Å². The van der Waals surface area contributed by atoms with Crippen LogP contribution in [-0.4, -0.2) is 46.7 Å². The summed E-state index contributed by atoms with van der Waals surface area (Å²) in [5.41, 5.74) is 2.34. The molecule has 4 nitrogen and oxygen atoms in total. The molecule has 0 saturated heterocycles. The molecule has 0 aliphatic carbocycles. The summed E-state index contributed by atoms with van der Waals surface area (Å²) in [5.74, 6) is 1.14. The fourth-order valence-corrected chi connectivity index (χ4v) is 2.69. The molecule has 1 atom stereocenters. The normalized spacial score (nSPS) is 14.0. The molecule has 0 saturated carbocycles. The van der Waals surface area contributed by atoms with Crippen molar-refractivity contribution in [2.45, 2.75) is 38.8 Å². The lowest BCUT2D eigenvalue weighted by molar-refractivity contribution is 0.136. The van der Waals surface area contributed by atoms with E-state index in [2.05, 4.69) is 74.9 Å². The van der Waals surface area contributed by atoms with Crippen LogP contribution >= 0.6 is 0 Å². The summed E-state index contributed by atoms with van der Waals surface area (Å²) < 4.78 is 2.21. The third kappa shape index (κ3) is 3.11.